The molecule has 6 nitrogen and oxygen atoms in total. The SMILES string of the molecule is NC1CCC(OCCNc2nc[nH]c(=O)c2Br)CC1. The molecular formula is C12H19BrN4O2. The summed E-state index contributed by atoms with van der Waals surface area (Å²) in [6.07, 6.45) is 5.84. The summed E-state index contributed by atoms with van der Waals surface area (Å²) in [5.74, 6) is 0.540. The average molecular weight is 331 g/mol. The van der Waals surface area contributed by atoms with Crippen LogP contribution in [0.3, 0.4) is 0 Å². The van der Waals surface area contributed by atoms with Gasteiger partial charge in [0, 0.05) is 12.6 Å². The number of hydrogen-bond acceptors (Lipinski definition) is 5. The molecule has 1 aliphatic carbocycles. The number of nitrogens with two attached hydrogens (primary N) is 1. The second kappa shape index (κ2) is 7.02. The summed E-state index contributed by atoms with van der Waals surface area (Å²) >= 11 is 3.19. The summed E-state index contributed by atoms with van der Waals surface area (Å²) < 4.78 is 6.19. The highest BCUT2D eigenvalue weighted by molar-refractivity contribution is 9.10. The quantitative estimate of drug-likeness (QED) is 0.706. The van der Waals surface area contributed by atoms with E-state index in [2.05, 4.69) is 31.2 Å². The van der Waals surface area contributed by atoms with Crippen LogP contribution in [0, 0.1) is 0 Å². The fraction of sp³-hybridized carbons (Fsp3) is 0.667. The molecule has 4 N–H and O–H groups in total. The van der Waals surface area contributed by atoms with Crippen LogP contribution in [0.25, 0.3) is 0 Å². The summed E-state index contributed by atoms with van der Waals surface area (Å²) in [6, 6.07) is 0.342. The summed E-state index contributed by atoms with van der Waals surface area (Å²) in [5.41, 5.74) is 5.65. The first-order valence-electron chi connectivity index (χ1n) is 6.51. The number of nitrogens with one attached hydrogen (secondary N) is 2. The molecule has 1 saturated carbocycles. The standard InChI is InChI=1S/C12H19BrN4O2/c13-10-11(16-7-17-12(10)18)15-5-6-19-9-3-1-8(14)2-4-9/h7-9H,1-6,14H2,(H2,15,16,17,18). The second-order valence-corrected chi connectivity index (χ2v) is 5.52. The van der Waals surface area contributed by atoms with E-state index in [0.29, 0.717) is 35.6 Å². The Balaban J connectivity index is 1.69. The molecule has 0 radical (unpaired) electrons. The zero-order chi connectivity index (χ0) is 13.7. The van der Waals surface area contributed by atoms with Gasteiger partial charge >= 0.3 is 0 Å². The molecule has 0 unspecified atom stereocenters. The van der Waals surface area contributed by atoms with Crippen molar-refractivity contribution in [3.05, 3.63) is 21.2 Å². The van der Waals surface area contributed by atoms with Crippen molar-refractivity contribution in [1.82, 2.24) is 9.97 Å². The van der Waals surface area contributed by atoms with Crippen molar-refractivity contribution >= 4 is 21.7 Å². The van der Waals surface area contributed by atoms with Crippen LogP contribution >= 0.6 is 15.9 Å². The highest BCUT2D eigenvalue weighted by atomic mass is 79.9. The summed E-state index contributed by atoms with van der Waals surface area (Å²) in [5, 5.41) is 3.07. The Labute approximate surface area is 120 Å². The number of halogens is 1. The van der Waals surface area contributed by atoms with E-state index >= 15 is 0 Å². The van der Waals surface area contributed by atoms with E-state index < -0.39 is 0 Å². The van der Waals surface area contributed by atoms with E-state index in [9.17, 15) is 4.79 Å². The van der Waals surface area contributed by atoms with Crippen LogP contribution < -0.4 is 16.6 Å². The predicted octanol–water partition coefficient (Wildman–Crippen LogP) is 1.23. The lowest BCUT2D eigenvalue weighted by Crippen LogP contribution is -2.31. The number of ether oxygens (including phenoxy) is 1. The molecule has 0 atom stereocenters. The van der Waals surface area contributed by atoms with Crippen molar-refractivity contribution in [3.8, 4) is 0 Å². The number of rotatable bonds is 5. The van der Waals surface area contributed by atoms with Gasteiger partial charge in [-0.1, -0.05) is 0 Å². The van der Waals surface area contributed by atoms with Gasteiger partial charge in [-0.2, -0.15) is 0 Å². The van der Waals surface area contributed by atoms with Crippen LogP contribution in [0.15, 0.2) is 15.6 Å². The lowest BCUT2D eigenvalue weighted by atomic mass is 9.94. The monoisotopic (exact) mass is 330 g/mol. The van der Waals surface area contributed by atoms with Gasteiger partial charge in [0.2, 0.25) is 0 Å². The van der Waals surface area contributed by atoms with Gasteiger partial charge in [-0.15, -0.1) is 0 Å². The molecule has 1 aromatic heterocycles. The fourth-order valence-electron chi connectivity index (χ4n) is 2.16. The molecule has 0 bridgehead atoms. The minimum Gasteiger partial charge on any atom is -0.376 e. The fourth-order valence-corrected chi connectivity index (χ4v) is 2.51. The van der Waals surface area contributed by atoms with Gasteiger partial charge in [0.15, 0.2) is 0 Å². The summed E-state index contributed by atoms with van der Waals surface area (Å²) in [4.78, 5) is 17.9. The van der Waals surface area contributed by atoms with Gasteiger partial charge in [0.1, 0.15) is 10.3 Å². The van der Waals surface area contributed by atoms with E-state index in [0.717, 1.165) is 25.7 Å². The molecule has 0 aliphatic heterocycles. The topological polar surface area (TPSA) is 93.0 Å². The van der Waals surface area contributed by atoms with Crippen LogP contribution in [-0.2, 0) is 4.74 Å². The van der Waals surface area contributed by atoms with Crippen LogP contribution in [0.1, 0.15) is 25.7 Å². The molecule has 1 heterocycles. The normalized spacial score (nSPS) is 23.3. The van der Waals surface area contributed by atoms with Crippen molar-refractivity contribution in [1.29, 1.82) is 0 Å². The van der Waals surface area contributed by atoms with Gasteiger partial charge < -0.3 is 20.8 Å². The lowest BCUT2D eigenvalue weighted by molar-refractivity contribution is 0.0313. The Hall–Kier alpha value is -0.920. The maximum absolute atomic E-state index is 11.3. The van der Waals surface area contributed by atoms with Crippen molar-refractivity contribution in [3.63, 3.8) is 0 Å². The first kappa shape index (κ1) is 14.5. The number of aromatic nitrogens is 2. The van der Waals surface area contributed by atoms with E-state index in [1.54, 1.807) is 0 Å². The van der Waals surface area contributed by atoms with Gasteiger partial charge in [0.05, 0.1) is 19.0 Å². The van der Waals surface area contributed by atoms with Crippen LogP contribution in [0.4, 0.5) is 5.82 Å². The van der Waals surface area contributed by atoms with Crippen molar-refractivity contribution < 1.29 is 4.74 Å². The molecule has 2 rings (SSSR count). The van der Waals surface area contributed by atoms with Gasteiger partial charge in [-0.05, 0) is 41.6 Å². The molecule has 106 valence electrons. The van der Waals surface area contributed by atoms with Gasteiger partial charge in [0.25, 0.3) is 5.56 Å². The van der Waals surface area contributed by atoms with E-state index in [1.807, 2.05) is 0 Å². The number of H-pyrrole nitrogens is 1. The molecule has 1 aliphatic rings. The van der Waals surface area contributed by atoms with E-state index in [-0.39, 0.29) is 5.56 Å². The second-order valence-electron chi connectivity index (χ2n) is 4.73. The zero-order valence-corrected chi connectivity index (χ0v) is 12.3. The minimum absolute atomic E-state index is 0.195. The molecule has 1 fully saturated rings. The summed E-state index contributed by atoms with van der Waals surface area (Å²) in [7, 11) is 0. The highest BCUT2D eigenvalue weighted by Gasteiger charge is 2.18. The predicted molar refractivity (Wildman–Crippen MR) is 77.2 cm³/mol. The number of hydrogen-bond donors (Lipinski definition) is 3. The minimum atomic E-state index is -0.195. The maximum Gasteiger partial charge on any atom is 0.267 e. The van der Waals surface area contributed by atoms with Crippen molar-refractivity contribution in [2.45, 2.75) is 37.8 Å². The number of aromatic amines is 1. The van der Waals surface area contributed by atoms with Crippen LogP contribution in [0.2, 0.25) is 0 Å². The lowest BCUT2D eigenvalue weighted by Gasteiger charge is -2.26. The van der Waals surface area contributed by atoms with Gasteiger partial charge in [-0.25, -0.2) is 4.98 Å². The molecule has 0 spiro atoms. The molecule has 0 aromatic carbocycles. The smallest absolute Gasteiger partial charge is 0.267 e. The van der Waals surface area contributed by atoms with Crippen molar-refractivity contribution in [2.24, 2.45) is 5.73 Å². The molecule has 19 heavy (non-hydrogen) atoms. The Kier molecular flexibility index (Phi) is 5.35. The largest absolute Gasteiger partial charge is 0.376 e. The van der Waals surface area contributed by atoms with E-state index in [1.165, 1.54) is 6.33 Å². The zero-order valence-electron chi connectivity index (χ0n) is 10.7. The molecule has 0 amide bonds. The molecule has 0 saturated heterocycles. The number of nitrogens with zero attached hydrogens (tertiary/aromatic N) is 1. The first-order chi connectivity index (χ1) is 9.16. The Morgan fingerprint density at radius 1 is 1.47 bits per heavy atom. The van der Waals surface area contributed by atoms with Gasteiger partial charge in [-0.3, -0.25) is 4.79 Å². The maximum atomic E-state index is 11.3. The van der Waals surface area contributed by atoms with Crippen LogP contribution in [0.5, 0.6) is 0 Å². The molecule has 1 aromatic rings. The Bertz CT molecular complexity index is 457. The third-order valence-corrected chi connectivity index (χ3v) is 4.00. The Morgan fingerprint density at radius 3 is 2.95 bits per heavy atom. The first-order valence-corrected chi connectivity index (χ1v) is 7.30. The third kappa shape index (κ3) is 4.29. The Morgan fingerprint density at radius 2 is 2.21 bits per heavy atom. The third-order valence-electron chi connectivity index (χ3n) is 3.26. The van der Waals surface area contributed by atoms with Crippen molar-refractivity contribution in [2.75, 3.05) is 18.5 Å². The number of anilines is 1. The highest BCUT2D eigenvalue weighted by Crippen LogP contribution is 2.19. The van der Waals surface area contributed by atoms with Crippen LogP contribution in [-0.4, -0.2) is 35.3 Å². The molecule has 7 heteroatoms. The summed E-state index contributed by atoms with van der Waals surface area (Å²) in [6.45, 7) is 1.22. The average Bonchev–Trinajstić information content (AvgIpc) is 2.41. The van der Waals surface area contributed by atoms with E-state index in [4.69, 9.17) is 10.5 Å². The molecular weight excluding hydrogens is 312 g/mol.